The third kappa shape index (κ3) is 4.58. The molecule has 1 atom stereocenters. The quantitative estimate of drug-likeness (QED) is 0.772. The van der Waals surface area contributed by atoms with Gasteiger partial charge in [-0.15, -0.1) is 0 Å². The van der Waals surface area contributed by atoms with E-state index in [0.29, 0.717) is 29.7 Å². The number of nitrogens with one attached hydrogen (secondary N) is 1. The molecule has 0 saturated heterocycles. The maximum atomic E-state index is 12.5. The molecular weight excluding hydrogens is 352 g/mol. The Morgan fingerprint density at radius 3 is 2.21 bits per heavy atom. The molecule has 0 spiro atoms. The summed E-state index contributed by atoms with van der Waals surface area (Å²) in [5.74, 6) is 0.140. The number of benzene rings is 2. The highest BCUT2D eigenvalue weighted by atomic mass is 16.5. The summed E-state index contributed by atoms with van der Waals surface area (Å²) in [4.78, 5) is 24.9. The molecule has 0 aromatic heterocycles. The van der Waals surface area contributed by atoms with Crippen molar-refractivity contribution in [3.63, 3.8) is 0 Å². The molecule has 144 valence electrons. The Labute approximate surface area is 165 Å². The summed E-state index contributed by atoms with van der Waals surface area (Å²) in [7, 11) is 0. The lowest BCUT2D eigenvalue weighted by Crippen LogP contribution is -2.52. The van der Waals surface area contributed by atoms with Gasteiger partial charge in [0.25, 0.3) is 5.91 Å². The van der Waals surface area contributed by atoms with Crippen LogP contribution in [0, 0.1) is 11.3 Å². The van der Waals surface area contributed by atoms with Crippen molar-refractivity contribution in [3.8, 4) is 11.8 Å². The first-order valence-electron chi connectivity index (χ1n) is 9.63. The van der Waals surface area contributed by atoms with Crippen LogP contribution in [0.3, 0.4) is 0 Å². The topological polar surface area (TPSA) is 79.2 Å². The number of carbonyl (C=O) groups excluding carboxylic acids is 2. The van der Waals surface area contributed by atoms with Crippen LogP contribution in [-0.2, 0) is 4.79 Å². The summed E-state index contributed by atoms with van der Waals surface area (Å²) in [5.41, 5.74) is 0.401. The van der Waals surface area contributed by atoms with Crippen molar-refractivity contribution in [1.82, 2.24) is 5.32 Å². The van der Waals surface area contributed by atoms with E-state index in [4.69, 9.17) is 4.74 Å². The molecule has 1 N–H and O–H groups in total. The van der Waals surface area contributed by atoms with Crippen molar-refractivity contribution in [3.05, 3.63) is 65.7 Å². The number of hydrogen-bond donors (Lipinski definition) is 1. The van der Waals surface area contributed by atoms with Crippen LogP contribution < -0.4 is 10.1 Å². The lowest BCUT2D eigenvalue weighted by Gasteiger charge is -2.32. The van der Waals surface area contributed by atoms with Crippen molar-refractivity contribution in [2.45, 2.75) is 50.7 Å². The van der Waals surface area contributed by atoms with Gasteiger partial charge in [0.2, 0.25) is 0 Å². The Morgan fingerprint density at radius 1 is 1.00 bits per heavy atom. The van der Waals surface area contributed by atoms with Crippen molar-refractivity contribution >= 4 is 11.7 Å². The fraction of sp³-hybridized carbons (Fsp3) is 0.348. The zero-order valence-corrected chi connectivity index (χ0v) is 16.0. The molecule has 2 aromatic rings. The molecule has 5 heteroatoms. The Bertz CT molecular complexity index is 863. The SMILES string of the molecule is C[C@H](Oc1ccc(C(=O)c2ccccc2)cc1)C(=O)NC1(C#N)CCCCC1. The minimum atomic E-state index is -0.779. The first-order chi connectivity index (χ1) is 13.5. The second kappa shape index (κ2) is 8.71. The van der Waals surface area contributed by atoms with Gasteiger partial charge in [-0.3, -0.25) is 9.59 Å². The van der Waals surface area contributed by atoms with Gasteiger partial charge in [-0.05, 0) is 44.0 Å². The number of carbonyl (C=O) groups is 2. The fourth-order valence-electron chi connectivity index (χ4n) is 3.46. The first kappa shape index (κ1) is 19.6. The standard InChI is InChI=1S/C23H24N2O3/c1-17(22(27)25-23(16-24)14-6-3-7-15-23)28-20-12-10-19(11-13-20)21(26)18-8-4-2-5-9-18/h2,4-5,8-13,17H,3,6-7,14-15H2,1H3,(H,25,27)/t17-/m0/s1. The fourth-order valence-corrected chi connectivity index (χ4v) is 3.46. The summed E-state index contributed by atoms with van der Waals surface area (Å²) >= 11 is 0. The maximum absolute atomic E-state index is 12.5. The second-order valence-corrected chi connectivity index (χ2v) is 7.22. The Kier molecular flexibility index (Phi) is 6.10. The van der Waals surface area contributed by atoms with E-state index >= 15 is 0 Å². The van der Waals surface area contributed by atoms with Gasteiger partial charge in [0.05, 0.1) is 6.07 Å². The van der Waals surface area contributed by atoms with Crippen LogP contribution in [0.1, 0.15) is 54.9 Å². The van der Waals surface area contributed by atoms with Crippen LogP contribution in [0.5, 0.6) is 5.75 Å². The van der Waals surface area contributed by atoms with E-state index in [0.717, 1.165) is 19.3 Å². The Hall–Kier alpha value is -3.13. The van der Waals surface area contributed by atoms with E-state index in [1.807, 2.05) is 18.2 Å². The van der Waals surface area contributed by atoms with E-state index in [-0.39, 0.29) is 11.7 Å². The van der Waals surface area contributed by atoms with Gasteiger partial charge in [0.1, 0.15) is 11.3 Å². The van der Waals surface area contributed by atoms with Gasteiger partial charge in [0, 0.05) is 11.1 Å². The summed E-state index contributed by atoms with van der Waals surface area (Å²) in [6.45, 7) is 1.66. The molecule has 2 aromatic carbocycles. The molecule has 0 heterocycles. The van der Waals surface area contributed by atoms with Crippen molar-refractivity contribution in [2.24, 2.45) is 0 Å². The molecule has 0 radical (unpaired) electrons. The number of rotatable bonds is 6. The summed E-state index contributed by atoms with van der Waals surface area (Å²) in [5, 5.41) is 12.4. The predicted octanol–water partition coefficient (Wildman–Crippen LogP) is 4.03. The van der Waals surface area contributed by atoms with Crippen LogP contribution in [0.15, 0.2) is 54.6 Å². The van der Waals surface area contributed by atoms with Crippen LogP contribution >= 0.6 is 0 Å². The van der Waals surface area contributed by atoms with E-state index in [1.54, 1.807) is 43.3 Å². The largest absolute Gasteiger partial charge is 0.481 e. The predicted molar refractivity (Wildman–Crippen MR) is 106 cm³/mol. The average molecular weight is 376 g/mol. The zero-order chi connectivity index (χ0) is 20.0. The molecule has 3 rings (SSSR count). The second-order valence-electron chi connectivity index (χ2n) is 7.22. The number of amides is 1. The normalized spacial score (nSPS) is 16.4. The van der Waals surface area contributed by atoms with Gasteiger partial charge in [-0.25, -0.2) is 0 Å². The third-order valence-electron chi connectivity index (χ3n) is 5.12. The molecule has 1 fully saturated rings. The lowest BCUT2D eigenvalue weighted by molar-refractivity contribution is -0.129. The number of hydrogen-bond acceptors (Lipinski definition) is 4. The maximum Gasteiger partial charge on any atom is 0.262 e. The van der Waals surface area contributed by atoms with E-state index in [9.17, 15) is 14.9 Å². The molecule has 1 amide bonds. The van der Waals surface area contributed by atoms with E-state index < -0.39 is 11.6 Å². The smallest absolute Gasteiger partial charge is 0.262 e. The minimum absolute atomic E-state index is 0.0637. The van der Waals surface area contributed by atoms with Gasteiger partial charge in [0.15, 0.2) is 11.9 Å². The molecule has 1 aliphatic carbocycles. The summed E-state index contributed by atoms with van der Waals surface area (Å²) in [6, 6.07) is 18.1. The summed E-state index contributed by atoms with van der Waals surface area (Å²) < 4.78 is 5.71. The van der Waals surface area contributed by atoms with Crippen molar-refractivity contribution < 1.29 is 14.3 Å². The number of nitriles is 1. The van der Waals surface area contributed by atoms with E-state index in [2.05, 4.69) is 11.4 Å². The Balaban J connectivity index is 1.61. The molecular formula is C23H24N2O3. The average Bonchev–Trinajstić information content (AvgIpc) is 2.75. The van der Waals surface area contributed by atoms with Crippen molar-refractivity contribution in [2.75, 3.05) is 0 Å². The van der Waals surface area contributed by atoms with Crippen LogP contribution in [0.25, 0.3) is 0 Å². The van der Waals surface area contributed by atoms with Crippen LogP contribution in [-0.4, -0.2) is 23.3 Å². The molecule has 0 aliphatic heterocycles. The number of nitrogens with zero attached hydrogens (tertiary/aromatic N) is 1. The van der Waals surface area contributed by atoms with E-state index in [1.165, 1.54) is 0 Å². The zero-order valence-electron chi connectivity index (χ0n) is 16.0. The van der Waals surface area contributed by atoms with Gasteiger partial charge in [-0.1, -0.05) is 49.6 Å². The Morgan fingerprint density at radius 2 is 1.61 bits per heavy atom. The van der Waals surface area contributed by atoms with Crippen LogP contribution in [0.4, 0.5) is 0 Å². The lowest BCUT2D eigenvalue weighted by atomic mass is 9.83. The molecule has 1 saturated carbocycles. The first-order valence-corrected chi connectivity index (χ1v) is 9.63. The molecule has 5 nitrogen and oxygen atoms in total. The highest BCUT2D eigenvalue weighted by molar-refractivity contribution is 6.08. The number of ketones is 1. The van der Waals surface area contributed by atoms with Gasteiger partial charge >= 0.3 is 0 Å². The van der Waals surface area contributed by atoms with Gasteiger partial charge in [-0.2, -0.15) is 5.26 Å². The van der Waals surface area contributed by atoms with Crippen LogP contribution in [0.2, 0.25) is 0 Å². The molecule has 1 aliphatic rings. The summed E-state index contributed by atoms with van der Waals surface area (Å²) in [6.07, 6.45) is 3.61. The monoisotopic (exact) mass is 376 g/mol. The molecule has 0 unspecified atom stereocenters. The third-order valence-corrected chi connectivity index (χ3v) is 5.12. The number of ether oxygens (including phenoxy) is 1. The highest BCUT2D eigenvalue weighted by Crippen LogP contribution is 2.27. The molecule has 28 heavy (non-hydrogen) atoms. The minimum Gasteiger partial charge on any atom is -0.481 e. The van der Waals surface area contributed by atoms with Gasteiger partial charge < -0.3 is 10.1 Å². The molecule has 0 bridgehead atoms. The van der Waals surface area contributed by atoms with Crippen molar-refractivity contribution in [1.29, 1.82) is 5.26 Å². The highest BCUT2D eigenvalue weighted by Gasteiger charge is 2.35.